The summed E-state index contributed by atoms with van der Waals surface area (Å²) in [5.74, 6) is -0.341. The third-order valence-electron chi connectivity index (χ3n) is 1.81. The summed E-state index contributed by atoms with van der Waals surface area (Å²) in [5, 5.41) is 0.421. The van der Waals surface area contributed by atoms with Crippen molar-refractivity contribution in [2.45, 2.75) is 20.0 Å². The molecule has 1 aromatic heterocycles. The average molecular weight is 221 g/mol. The Morgan fingerprint density at radius 1 is 1.40 bits per heavy atom. The second-order valence-electron chi connectivity index (χ2n) is 3.44. The number of ether oxygens (including phenoxy) is 1. The van der Waals surface area contributed by atoms with Crippen molar-refractivity contribution in [3.05, 3.63) is 29.3 Å². The number of para-hydroxylation sites is 1. The van der Waals surface area contributed by atoms with E-state index in [4.69, 9.17) is 4.74 Å². The van der Waals surface area contributed by atoms with Crippen LogP contribution in [0.4, 0.5) is 0 Å². The topological polar surface area (TPSA) is 39.2 Å². The van der Waals surface area contributed by atoms with Gasteiger partial charge in [0.1, 0.15) is 0 Å². The maximum absolute atomic E-state index is 11.6. The highest BCUT2D eigenvalue weighted by atomic mass is 32.1. The fourth-order valence-corrected chi connectivity index (χ4v) is 2.07. The smallest absolute Gasteiger partial charge is 0.367 e. The number of thiazole rings is 1. The molecule has 0 saturated carbocycles. The van der Waals surface area contributed by atoms with Crippen LogP contribution in [0.1, 0.15) is 23.6 Å². The van der Waals surface area contributed by atoms with E-state index < -0.39 is 0 Å². The van der Waals surface area contributed by atoms with E-state index in [9.17, 15) is 4.79 Å². The lowest BCUT2D eigenvalue weighted by Gasteiger charge is -2.04. The Labute approximate surface area is 91.7 Å². The monoisotopic (exact) mass is 221 g/mol. The summed E-state index contributed by atoms with van der Waals surface area (Å²) in [6.45, 7) is 3.65. The molecule has 4 heteroatoms. The molecule has 0 aliphatic rings. The van der Waals surface area contributed by atoms with Crippen molar-refractivity contribution >= 4 is 27.5 Å². The number of hydrogen-bond acceptors (Lipinski definition) is 4. The Balaban J connectivity index is 2.32. The minimum Gasteiger partial charge on any atom is -0.458 e. The van der Waals surface area contributed by atoms with Crippen molar-refractivity contribution in [2.24, 2.45) is 0 Å². The summed E-state index contributed by atoms with van der Waals surface area (Å²) in [6, 6.07) is 7.66. The van der Waals surface area contributed by atoms with E-state index in [1.807, 2.05) is 38.1 Å². The van der Waals surface area contributed by atoms with Gasteiger partial charge in [0, 0.05) is 0 Å². The standard InChI is InChI=1S/C11H11NO2S/c1-7(2)14-11(13)10-12-8-5-3-4-6-9(8)15-10/h3-7H,1-2H3. The first-order valence-corrected chi connectivity index (χ1v) is 5.55. The quantitative estimate of drug-likeness (QED) is 0.732. The fraction of sp³-hybridized carbons (Fsp3) is 0.273. The van der Waals surface area contributed by atoms with Gasteiger partial charge in [-0.1, -0.05) is 12.1 Å². The van der Waals surface area contributed by atoms with Crippen molar-refractivity contribution in [1.29, 1.82) is 0 Å². The predicted octanol–water partition coefficient (Wildman–Crippen LogP) is 2.86. The van der Waals surface area contributed by atoms with E-state index in [0.717, 1.165) is 10.2 Å². The summed E-state index contributed by atoms with van der Waals surface area (Å²) in [5.41, 5.74) is 0.846. The van der Waals surface area contributed by atoms with Crippen LogP contribution < -0.4 is 0 Å². The third kappa shape index (κ3) is 2.15. The van der Waals surface area contributed by atoms with Gasteiger partial charge in [0.15, 0.2) is 0 Å². The first-order chi connectivity index (χ1) is 7.16. The lowest BCUT2D eigenvalue weighted by atomic mass is 10.3. The molecule has 0 saturated heterocycles. The molecule has 0 aliphatic heterocycles. The zero-order valence-corrected chi connectivity index (χ0v) is 9.38. The normalized spacial score (nSPS) is 10.9. The Hall–Kier alpha value is -1.42. The van der Waals surface area contributed by atoms with Gasteiger partial charge in [0.2, 0.25) is 5.01 Å². The zero-order chi connectivity index (χ0) is 10.8. The summed E-state index contributed by atoms with van der Waals surface area (Å²) in [4.78, 5) is 15.8. The SMILES string of the molecule is CC(C)OC(=O)c1nc2ccccc2s1. The number of carbonyl (C=O) groups excluding carboxylic acids is 1. The van der Waals surface area contributed by atoms with Crippen LogP contribution in [0, 0.1) is 0 Å². The highest BCUT2D eigenvalue weighted by molar-refractivity contribution is 7.20. The third-order valence-corrected chi connectivity index (χ3v) is 2.83. The second kappa shape index (κ2) is 3.98. The molecular formula is C11H11NO2S. The number of esters is 1. The lowest BCUT2D eigenvalue weighted by Crippen LogP contribution is -2.11. The maximum atomic E-state index is 11.6. The van der Waals surface area contributed by atoms with E-state index in [1.54, 1.807) is 0 Å². The number of rotatable bonds is 2. The number of fused-ring (bicyclic) bond motifs is 1. The van der Waals surface area contributed by atoms with Crippen LogP contribution in [0.2, 0.25) is 0 Å². The van der Waals surface area contributed by atoms with Gasteiger partial charge in [-0.25, -0.2) is 9.78 Å². The van der Waals surface area contributed by atoms with Crippen LogP contribution >= 0.6 is 11.3 Å². The van der Waals surface area contributed by atoms with Gasteiger partial charge >= 0.3 is 5.97 Å². The molecule has 0 unspecified atom stereocenters. The molecule has 0 N–H and O–H groups in total. The molecule has 0 atom stereocenters. The van der Waals surface area contributed by atoms with Crippen LogP contribution in [0.3, 0.4) is 0 Å². The maximum Gasteiger partial charge on any atom is 0.367 e. The molecule has 0 spiro atoms. The summed E-state index contributed by atoms with van der Waals surface area (Å²) < 4.78 is 6.08. The van der Waals surface area contributed by atoms with Crippen LogP contribution in [0.25, 0.3) is 10.2 Å². The van der Waals surface area contributed by atoms with Crippen molar-refractivity contribution in [1.82, 2.24) is 4.98 Å². The Morgan fingerprint density at radius 2 is 2.13 bits per heavy atom. The first kappa shape index (κ1) is 10.1. The van der Waals surface area contributed by atoms with E-state index in [2.05, 4.69) is 4.98 Å². The van der Waals surface area contributed by atoms with Crippen molar-refractivity contribution < 1.29 is 9.53 Å². The summed E-state index contributed by atoms with van der Waals surface area (Å²) in [6.07, 6.45) is -0.107. The fourth-order valence-electron chi connectivity index (χ4n) is 1.22. The zero-order valence-electron chi connectivity index (χ0n) is 8.56. The first-order valence-electron chi connectivity index (χ1n) is 4.73. The molecule has 3 nitrogen and oxygen atoms in total. The number of benzene rings is 1. The Morgan fingerprint density at radius 3 is 2.80 bits per heavy atom. The predicted molar refractivity (Wildman–Crippen MR) is 60.2 cm³/mol. The molecule has 0 amide bonds. The molecule has 0 aliphatic carbocycles. The van der Waals surface area contributed by atoms with Gasteiger partial charge in [0.05, 0.1) is 16.3 Å². The van der Waals surface area contributed by atoms with Crippen LogP contribution in [-0.2, 0) is 4.74 Å². The molecule has 2 rings (SSSR count). The summed E-state index contributed by atoms with van der Waals surface area (Å²) >= 11 is 1.36. The molecular weight excluding hydrogens is 210 g/mol. The van der Waals surface area contributed by atoms with Crippen LogP contribution in [0.5, 0.6) is 0 Å². The highest BCUT2D eigenvalue weighted by Gasteiger charge is 2.14. The van der Waals surface area contributed by atoms with Crippen molar-refractivity contribution in [2.75, 3.05) is 0 Å². The van der Waals surface area contributed by atoms with Gasteiger partial charge in [0.25, 0.3) is 0 Å². The van der Waals surface area contributed by atoms with Crippen LogP contribution in [-0.4, -0.2) is 17.1 Å². The minimum atomic E-state index is -0.341. The molecule has 0 fully saturated rings. The molecule has 0 bridgehead atoms. The molecule has 1 aromatic carbocycles. The van der Waals surface area contributed by atoms with Gasteiger partial charge in [-0.05, 0) is 26.0 Å². The lowest BCUT2D eigenvalue weighted by molar-refractivity contribution is 0.0378. The molecule has 0 radical (unpaired) electrons. The number of carbonyl (C=O) groups is 1. The van der Waals surface area contributed by atoms with Gasteiger partial charge in [-0.3, -0.25) is 0 Å². The van der Waals surface area contributed by atoms with E-state index in [0.29, 0.717) is 5.01 Å². The van der Waals surface area contributed by atoms with Gasteiger partial charge in [-0.15, -0.1) is 11.3 Å². The van der Waals surface area contributed by atoms with Crippen molar-refractivity contribution in [3.8, 4) is 0 Å². The van der Waals surface area contributed by atoms with Gasteiger partial charge in [-0.2, -0.15) is 0 Å². The molecule has 1 heterocycles. The van der Waals surface area contributed by atoms with E-state index in [1.165, 1.54) is 11.3 Å². The Bertz CT molecular complexity index is 457. The summed E-state index contributed by atoms with van der Waals surface area (Å²) in [7, 11) is 0. The van der Waals surface area contributed by atoms with Crippen LogP contribution in [0.15, 0.2) is 24.3 Å². The Kier molecular flexibility index (Phi) is 2.68. The number of aromatic nitrogens is 1. The number of hydrogen-bond donors (Lipinski definition) is 0. The second-order valence-corrected chi connectivity index (χ2v) is 4.47. The van der Waals surface area contributed by atoms with E-state index in [-0.39, 0.29) is 12.1 Å². The molecule has 2 aromatic rings. The van der Waals surface area contributed by atoms with Crippen molar-refractivity contribution in [3.63, 3.8) is 0 Å². The minimum absolute atomic E-state index is 0.107. The van der Waals surface area contributed by atoms with E-state index >= 15 is 0 Å². The largest absolute Gasteiger partial charge is 0.458 e. The highest BCUT2D eigenvalue weighted by Crippen LogP contribution is 2.22. The molecule has 78 valence electrons. The number of nitrogens with zero attached hydrogens (tertiary/aromatic N) is 1. The molecule has 15 heavy (non-hydrogen) atoms. The average Bonchev–Trinajstić information content (AvgIpc) is 2.59. The van der Waals surface area contributed by atoms with Gasteiger partial charge < -0.3 is 4.74 Å².